The maximum atomic E-state index is 3.05. The van der Waals surface area contributed by atoms with E-state index in [2.05, 4.69) is 27.9 Å². The highest BCUT2D eigenvalue weighted by atomic mass is 127. The van der Waals surface area contributed by atoms with Crippen molar-refractivity contribution in [2.45, 2.75) is 0 Å². The van der Waals surface area contributed by atoms with Crippen LogP contribution in [-0.2, 0) is 0 Å². The lowest BCUT2D eigenvalue weighted by Crippen LogP contribution is -1.94. The molecule has 1 nitrogen and oxygen atoms in total. The normalized spacial score (nSPS) is 16.9. The highest BCUT2D eigenvalue weighted by Gasteiger charge is 1.82. The van der Waals surface area contributed by atoms with Crippen LogP contribution < -0.4 is 5.32 Å². The molecule has 0 aromatic carbocycles. The van der Waals surface area contributed by atoms with E-state index in [-0.39, 0.29) is 0 Å². The van der Waals surface area contributed by atoms with Gasteiger partial charge < -0.3 is 5.32 Å². The molecule has 0 fully saturated rings. The minimum absolute atomic E-state index is 1.15. The Morgan fingerprint density at radius 1 is 1.25 bits per heavy atom. The van der Waals surface area contributed by atoms with E-state index in [0.29, 0.717) is 0 Å². The molecule has 0 bridgehead atoms. The Labute approximate surface area is 62.3 Å². The van der Waals surface area contributed by atoms with E-state index in [1.807, 2.05) is 30.5 Å². The van der Waals surface area contributed by atoms with Gasteiger partial charge in [-0.1, -0.05) is 12.2 Å². The Hall–Kier alpha value is -0.250. The van der Waals surface area contributed by atoms with Gasteiger partial charge in [-0.05, 0) is 34.7 Å². The van der Waals surface area contributed by atoms with E-state index >= 15 is 0 Å². The van der Waals surface area contributed by atoms with Crippen LogP contribution in [-0.4, -0.2) is 0 Å². The summed E-state index contributed by atoms with van der Waals surface area (Å²) >= 11 is 2.23. The van der Waals surface area contributed by atoms with Crippen LogP contribution in [0, 0.1) is 0 Å². The fraction of sp³-hybridized carbons (Fsp3) is 0. The van der Waals surface area contributed by atoms with Crippen molar-refractivity contribution in [3.05, 3.63) is 34.2 Å². The molecular formula is C6H6IN. The second kappa shape index (κ2) is 2.91. The Morgan fingerprint density at radius 2 is 2.12 bits per heavy atom. The second-order valence-corrected chi connectivity index (χ2v) is 2.57. The topological polar surface area (TPSA) is 12.0 Å². The van der Waals surface area contributed by atoms with Gasteiger partial charge in [-0.15, -0.1) is 0 Å². The summed E-state index contributed by atoms with van der Waals surface area (Å²) in [5, 5.41) is 3.05. The van der Waals surface area contributed by atoms with Crippen LogP contribution in [0.15, 0.2) is 34.2 Å². The number of halogens is 1. The van der Waals surface area contributed by atoms with Crippen LogP contribution in [0.2, 0.25) is 0 Å². The number of hydrogen-bond donors (Lipinski definition) is 1. The first-order valence-corrected chi connectivity index (χ1v) is 3.43. The maximum Gasteiger partial charge on any atom is 0.0771 e. The highest BCUT2D eigenvalue weighted by Crippen LogP contribution is 2.02. The molecule has 0 saturated carbocycles. The molecule has 0 aromatic heterocycles. The molecule has 0 radical (unpaired) electrons. The number of nitrogens with one attached hydrogen (secondary N) is 1. The molecule has 0 unspecified atom stereocenters. The van der Waals surface area contributed by atoms with Gasteiger partial charge in [0.05, 0.1) is 3.70 Å². The molecule has 0 saturated heterocycles. The minimum Gasteiger partial charge on any atom is -0.357 e. The lowest BCUT2D eigenvalue weighted by Gasteiger charge is -1.90. The van der Waals surface area contributed by atoms with Gasteiger partial charge in [0.1, 0.15) is 0 Å². The molecule has 1 N–H and O–H groups in total. The average molecular weight is 219 g/mol. The van der Waals surface area contributed by atoms with Crippen molar-refractivity contribution in [1.29, 1.82) is 0 Å². The second-order valence-electron chi connectivity index (χ2n) is 1.40. The van der Waals surface area contributed by atoms with Crippen LogP contribution >= 0.6 is 22.6 Å². The van der Waals surface area contributed by atoms with Crippen molar-refractivity contribution in [3.63, 3.8) is 0 Å². The predicted octanol–water partition coefficient (Wildman–Crippen LogP) is 1.94. The van der Waals surface area contributed by atoms with Crippen molar-refractivity contribution < 1.29 is 0 Å². The quantitative estimate of drug-likeness (QED) is 0.484. The molecule has 1 heterocycles. The van der Waals surface area contributed by atoms with Gasteiger partial charge in [0.25, 0.3) is 0 Å². The first kappa shape index (κ1) is 5.88. The van der Waals surface area contributed by atoms with E-state index in [0.717, 1.165) is 3.70 Å². The van der Waals surface area contributed by atoms with Gasteiger partial charge in [-0.25, -0.2) is 0 Å². The van der Waals surface area contributed by atoms with Crippen molar-refractivity contribution in [1.82, 2.24) is 5.32 Å². The first-order chi connectivity index (χ1) is 3.89. The molecule has 42 valence electrons. The Balaban J connectivity index is 2.69. The third-order valence-electron chi connectivity index (χ3n) is 0.782. The predicted molar refractivity (Wildman–Crippen MR) is 43.5 cm³/mol. The summed E-state index contributed by atoms with van der Waals surface area (Å²) in [5.41, 5.74) is 0. The Kier molecular flexibility index (Phi) is 2.14. The first-order valence-electron chi connectivity index (χ1n) is 2.35. The summed E-state index contributed by atoms with van der Waals surface area (Å²) in [6, 6.07) is 0. The zero-order valence-electron chi connectivity index (χ0n) is 4.26. The standard InChI is InChI=1S/C6H6IN/c7-6-4-2-1-3-5-8-6/h1-5,8H. The summed E-state index contributed by atoms with van der Waals surface area (Å²) in [6.07, 6.45) is 9.86. The van der Waals surface area contributed by atoms with E-state index in [9.17, 15) is 0 Å². The minimum atomic E-state index is 1.15. The van der Waals surface area contributed by atoms with Crippen molar-refractivity contribution >= 4 is 22.6 Å². The summed E-state index contributed by atoms with van der Waals surface area (Å²) in [6.45, 7) is 0. The van der Waals surface area contributed by atoms with Crippen LogP contribution in [0.3, 0.4) is 0 Å². The fourth-order valence-electron chi connectivity index (χ4n) is 0.436. The molecule has 0 spiro atoms. The molecule has 1 rings (SSSR count). The van der Waals surface area contributed by atoms with E-state index in [4.69, 9.17) is 0 Å². The summed E-state index contributed by atoms with van der Waals surface area (Å²) < 4.78 is 1.15. The summed E-state index contributed by atoms with van der Waals surface area (Å²) in [4.78, 5) is 0. The van der Waals surface area contributed by atoms with Crippen LogP contribution in [0.1, 0.15) is 0 Å². The molecular weight excluding hydrogens is 213 g/mol. The van der Waals surface area contributed by atoms with Gasteiger partial charge in [-0.3, -0.25) is 0 Å². The number of hydrogen-bond acceptors (Lipinski definition) is 1. The molecule has 0 aromatic rings. The van der Waals surface area contributed by atoms with E-state index < -0.39 is 0 Å². The van der Waals surface area contributed by atoms with Crippen LogP contribution in [0.4, 0.5) is 0 Å². The maximum absolute atomic E-state index is 3.05. The smallest absolute Gasteiger partial charge is 0.0771 e. The largest absolute Gasteiger partial charge is 0.357 e. The zero-order valence-corrected chi connectivity index (χ0v) is 6.42. The lowest BCUT2D eigenvalue weighted by molar-refractivity contribution is 1.19. The molecule has 1 aliphatic rings. The Bertz CT molecular complexity index is 156. The van der Waals surface area contributed by atoms with Crippen molar-refractivity contribution in [2.24, 2.45) is 0 Å². The van der Waals surface area contributed by atoms with E-state index in [1.165, 1.54) is 0 Å². The molecule has 0 aliphatic carbocycles. The molecule has 2 heteroatoms. The SMILES string of the molecule is IC1=CC=CC=CN1. The average Bonchev–Trinajstić information content (AvgIpc) is 1.94. The Morgan fingerprint density at radius 3 is 3.00 bits per heavy atom. The van der Waals surface area contributed by atoms with Gasteiger partial charge in [-0.2, -0.15) is 0 Å². The fourth-order valence-corrected chi connectivity index (χ4v) is 0.823. The van der Waals surface area contributed by atoms with Crippen LogP contribution in [0.25, 0.3) is 0 Å². The third kappa shape index (κ3) is 1.69. The van der Waals surface area contributed by atoms with Crippen LogP contribution in [0.5, 0.6) is 0 Å². The van der Waals surface area contributed by atoms with Crippen molar-refractivity contribution in [2.75, 3.05) is 0 Å². The number of rotatable bonds is 0. The summed E-state index contributed by atoms with van der Waals surface area (Å²) in [7, 11) is 0. The number of allylic oxidation sites excluding steroid dienone is 4. The van der Waals surface area contributed by atoms with Gasteiger partial charge >= 0.3 is 0 Å². The molecule has 0 atom stereocenters. The molecule has 0 amide bonds. The van der Waals surface area contributed by atoms with Gasteiger partial charge in [0, 0.05) is 6.20 Å². The van der Waals surface area contributed by atoms with Gasteiger partial charge in [0.2, 0.25) is 0 Å². The third-order valence-corrected chi connectivity index (χ3v) is 1.45. The van der Waals surface area contributed by atoms with Crippen molar-refractivity contribution in [3.8, 4) is 0 Å². The zero-order chi connectivity index (χ0) is 5.82. The monoisotopic (exact) mass is 219 g/mol. The van der Waals surface area contributed by atoms with Gasteiger partial charge in [0.15, 0.2) is 0 Å². The molecule has 1 aliphatic heterocycles. The lowest BCUT2D eigenvalue weighted by atomic mass is 10.5. The summed E-state index contributed by atoms with van der Waals surface area (Å²) in [5.74, 6) is 0. The highest BCUT2D eigenvalue weighted by molar-refractivity contribution is 14.1. The van der Waals surface area contributed by atoms with E-state index in [1.54, 1.807) is 0 Å². The molecule has 8 heavy (non-hydrogen) atoms.